The van der Waals surface area contributed by atoms with Crippen LogP contribution in [0.2, 0.25) is 0 Å². The number of nitrogens with zero attached hydrogens (tertiary/aromatic N) is 3. The summed E-state index contributed by atoms with van der Waals surface area (Å²) in [5.41, 5.74) is 5.23. The Labute approximate surface area is 140 Å². The molecule has 1 saturated heterocycles. The summed E-state index contributed by atoms with van der Waals surface area (Å²) in [6, 6.07) is 2.35. The Bertz CT molecular complexity index is 534. The molecule has 1 aliphatic rings. The number of aromatic nitrogens is 1. The van der Waals surface area contributed by atoms with E-state index >= 15 is 0 Å². The molecular weight excluding hydrogens is 319 g/mol. The molecule has 5 nitrogen and oxygen atoms in total. The normalized spacial score (nSPS) is 17.2. The van der Waals surface area contributed by atoms with Crippen molar-refractivity contribution < 1.29 is 13.2 Å². The SMILES string of the molecule is CC1CCN(C(N)=NCCCNc2ccc(C(F)(F)F)cn2)CC1. The summed E-state index contributed by atoms with van der Waals surface area (Å²) in [7, 11) is 0. The number of guanidine groups is 1. The van der Waals surface area contributed by atoms with E-state index in [0.717, 1.165) is 50.5 Å². The molecule has 1 aromatic rings. The highest BCUT2D eigenvalue weighted by Gasteiger charge is 2.30. The van der Waals surface area contributed by atoms with E-state index in [1.54, 1.807) is 0 Å². The largest absolute Gasteiger partial charge is 0.417 e. The molecule has 1 aromatic heterocycles. The van der Waals surface area contributed by atoms with Gasteiger partial charge in [-0.3, -0.25) is 4.99 Å². The Morgan fingerprint density at radius 2 is 2.08 bits per heavy atom. The quantitative estimate of drug-likeness (QED) is 0.490. The monoisotopic (exact) mass is 343 g/mol. The first-order valence-electron chi connectivity index (χ1n) is 8.18. The number of anilines is 1. The fourth-order valence-corrected chi connectivity index (χ4v) is 2.49. The van der Waals surface area contributed by atoms with Crippen LogP contribution in [0.25, 0.3) is 0 Å². The van der Waals surface area contributed by atoms with Crippen molar-refractivity contribution in [3.05, 3.63) is 23.9 Å². The minimum atomic E-state index is -4.36. The first-order chi connectivity index (χ1) is 11.4. The number of alkyl halides is 3. The highest BCUT2D eigenvalue weighted by molar-refractivity contribution is 5.78. The molecule has 0 bridgehead atoms. The lowest BCUT2D eigenvalue weighted by Crippen LogP contribution is -2.42. The maximum Gasteiger partial charge on any atom is 0.417 e. The third-order valence-corrected chi connectivity index (χ3v) is 4.11. The fraction of sp³-hybridized carbons (Fsp3) is 0.625. The van der Waals surface area contributed by atoms with Crippen LogP contribution in [0.15, 0.2) is 23.3 Å². The average Bonchev–Trinajstić information content (AvgIpc) is 2.54. The van der Waals surface area contributed by atoms with Crippen molar-refractivity contribution in [1.82, 2.24) is 9.88 Å². The molecule has 0 radical (unpaired) electrons. The Kier molecular flexibility index (Phi) is 6.28. The number of pyridine rings is 1. The lowest BCUT2D eigenvalue weighted by atomic mass is 10.00. The molecular formula is C16H24F3N5. The lowest BCUT2D eigenvalue weighted by molar-refractivity contribution is -0.137. The topological polar surface area (TPSA) is 66.5 Å². The van der Waals surface area contributed by atoms with Crippen molar-refractivity contribution in [3.8, 4) is 0 Å². The van der Waals surface area contributed by atoms with Crippen LogP contribution in [0.5, 0.6) is 0 Å². The second kappa shape index (κ2) is 8.21. The lowest BCUT2D eigenvalue weighted by Gasteiger charge is -2.31. The summed E-state index contributed by atoms with van der Waals surface area (Å²) >= 11 is 0. The van der Waals surface area contributed by atoms with Crippen molar-refractivity contribution >= 4 is 11.8 Å². The number of nitrogens with two attached hydrogens (primary N) is 1. The van der Waals surface area contributed by atoms with E-state index < -0.39 is 11.7 Å². The second-order valence-electron chi connectivity index (χ2n) is 6.12. The number of hydrogen-bond donors (Lipinski definition) is 2. The molecule has 0 amide bonds. The van der Waals surface area contributed by atoms with Crippen LogP contribution in [0, 0.1) is 5.92 Å². The van der Waals surface area contributed by atoms with Crippen molar-refractivity contribution in [2.24, 2.45) is 16.6 Å². The van der Waals surface area contributed by atoms with Gasteiger partial charge in [-0.2, -0.15) is 13.2 Å². The van der Waals surface area contributed by atoms with Crippen molar-refractivity contribution in [2.75, 3.05) is 31.5 Å². The van der Waals surface area contributed by atoms with E-state index in [-0.39, 0.29) is 0 Å². The highest BCUT2D eigenvalue weighted by Crippen LogP contribution is 2.28. The molecule has 0 spiro atoms. The van der Waals surface area contributed by atoms with Crippen LogP contribution >= 0.6 is 0 Å². The van der Waals surface area contributed by atoms with Gasteiger partial charge >= 0.3 is 6.18 Å². The van der Waals surface area contributed by atoms with Gasteiger partial charge in [-0.25, -0.2) is 4.98 Å². The molecule has 134 valence electrons. The molecule has 8 heteroatoms. The van der Waals surface area contributed by atoms with E-state index in [0.29, 0.717) is 24.9 Å². The van der Waals surface area contributed by atoms with Crippen LogP contribution in [0.3, 0.4) is 0 Å². The van der Waals surface area contributed by atoms with Gasteiger partial charge in [-0.05, 0) is 37.3 Å². The number of halogens is 3. The maximum atomic E-state index is 12.4. The Balaban J connectivity index is 1.68. The van der Waals surface area contributed by atoms with Gasteiger partial charge in [0.2, 0.25) is 0 Å². The maximum absolute atomic E-state index is 12.4. The number of hydrogen-bond acceptors (Lipinski definition) is 3. The zero-order valence-corrected chi connectivity index (χ0v) is 13.8. The van der Waals surface area contributed by atoms with Crippen LogP contribution in [0.1, 0.15) is 31.7 Å². The second-order valence-corrected chi connectivity index (χ2v) is 6.12. The summed E-state index contributed by atoms with van der Waals surface area (Å²) in [6.07, 6.45) is -0.526. The first kappa shape index (κ1) is 18.4. The predicted molar refractivity (Wildman–Crippen MR) is 88.8 cm³/mol. The number of rotatable bonds is 5. The number of aliphatic imine (C=N–C) groups is 1. The average molecular weight is 343 g/mol. The standard InChI is InChI=1S/C16H24F3N5/c1-12-5-9-24(10-6-12)15(20)22-8-2-7-21-14-4-3-13(11-23-14)16(17,18)19/h3-4,11-12H,2,5-10H2,1H3,(H2,20,22)(H,21,23). The summed E-state index contributed by atoms with van der Waals surface area (Å²) < 4.78 is 37.3. The molecule has 0 unspecified atom stereocenters. The summed E-state index contributed by atoms with van der Waals surface area (Å²) in [5, 5.41) is 2.98. The zero-order chi connectivity index (χ0) is 17.6. The molecule has 1 fully saturated rings. The Morgan fingerprint density at radius 3 is 2.67 bits per heavy atom. The third kappa shape index (κ3) is 5.58. The van der Waals surface area contributed by atoms with Crippen LogP contribution in [-0.2, 0) is 6.18 Å². The number of likely N-dealkylation sites (tertiary alicyclic amines) is 1. The molecule has 1 aliphatic heterocycles. The van der Waals surface area contributed by atoms with Gasteiger partial charge in [0.05, 0.1) is 5.56 Å². The molecule has 2 heterocycles. The third-order valence-electron chi connectivity index (χ3n) is 4.11. The summed E-state index contributed by atoms with van der Waals surface area (Å²) in [6.45, 7) is 5.29. The molecule has 0 aromatic carbocycles. The molecule has 24 heavy (non-hydrogen) atoms. The minimum absolute atomic E-state index is 0.421. The van der Waals surface area contributed by atoms with E-state index in [4.69, 9.17) is 5.73 Å². The fourth-order valence-electron chi connectivity index (χ4n) is 2.49. The van der Waals surface area contributed by atoms with Gasteiger partial charge in [0.1, 0.15) is 5.82 Å². The molecule has 0 aliphatic carbocycles. The Hall–Kier alpha value is -1.99. The minimum Gasteiger partial charge on any atom is -0.370 e. The summed E-state index contributed by atoms with van der Waals surface area (Å²) in [4.78, 5) is 10.2. The van der Waals surface area contributed by atoms with Gasteiger partial charge in [0.15, 0.2) is 5.96 Å². The van der Waals surface area contributed by atoms with Crippen molar-refractivity contribution in [2.45, 2.75) is 32.4 Å². The number of nitrogens with one attached hydrogen (secondary N) is 1. The van der Waals surface area contributed by atoms with Gasteiger partial charge in [-0.15, -0.1) is 0 Å². The van der Waals surface area contributed by atoms with E-state index in [1.165, 1.54) is 6.07 Å². The van der Waals surface area contributed by atoms with Crippen molar-refractivity contribution in [1.29, 1.82) is 0 Å². The van der Waals surface area contributed by atoms with Gasteiger partial charge in [0.25, 0.3) is 0 Å². The van der Waals surface area contributed by atoms with E-state index in [9.17, 15) is 13.2 Å². The predicted octanol–water partition coefficient (Wildman–Crippen LogP) is 2.95. The van der Waals surface area contributed by atoms with Gasteiger partial charge in [-0.1, -0.05) is 6.92 Å². The van der Waals surface area contributed by atoms with Crippen LogP contribution in [0.4, 0.5) is 19.0 Å². The van der Waals surface area contributed by atoms with Crippen LogP contribution < -0.4 is 11.1 Å². The van der Waals surface area contributed by atoms with E-state index in [2.05, 4.69) is 27.1 Å². The van der Waals surface area contributed by atoms with Crippen LogP contribution in [-0.4, -0.2) is 42.0 Å². The Morgan fingerprint density at radius 1 is 1.38 bits per heavy atom. The smallest absolute Gasteiger partial charge is 0.370 e. The van der Waals surface area contributed by atoms with Crippen molar-refractivity contribution in [3.63, 3.8) is 0 Å². The first-order valence-corrected chi connectivity index (χ1v) is 8.18. The van der Waals surface area contributed by atoms with Gasteiger partial charge in [0, 0.05) is 32.4 Å². The molecule has 2 rings (SSSR count). The molecule has 3 N–H and O–H groups in total. The number of piperidine rings is 1. The van der Waals surface area contributed by atoms with Gasteiger partial charge < -0.3 is 16.0 Å². The highest BCUT2D eigenvalue weighted by atomic mass is 19.4. The summed E-state index contributed by atoms with van der Waals surface area (Å²) in [5.74, 6) is 1.74. The molecule has 0 atom stereocenters. The van der Waals surface area contributed by atoms with E-state index in [1.807, 2.05) is 0 Å². The zero-order valence-electron chi connectivity index (χ0n) is 13.8. The molecule has 0 saturated carbocycles.